The third-order valence-corrected chi connectivity index (χ3v) is 3.96. The molecule has 2 amide bonds. The lowest BCUT2D eigenvalue weighted by molar-refractivity contribution is -0.143. The number of carbonyl (C=O) groups is 2. The number of likely N-dealkylation sites (tertiary alicyclic amines) is 1. The van der Waals surface area contributed by atoms with E-state index in [0.29, 0.717) is 13.0 Å². The molecule has 114 valence electrons. The van der Waals surface area contributed by atoms with E-state index in [1.165, 1.54) is 4.90 Å². The summed E-state index contributed by atoms with van der Waals surface area (Å²) in [5, 5.41) is 12.1. The molecule has 0 radical (unpaired) electrons. The fourth-order valence-corrected chi connectivity index (χ4v) is 2.99. The molecule has 1 aromatic rings. The van der Waals surface area contributed by atoms with Crippen molar-refractivity contribution in [2.24, 2.45) is 0 Å². The van der Waals surface area contributed by atoms with E-state index < -0.39 is 12.0 Å². The summed E-state index contributed by atoms with van der Waals surface area (Å²) >= 11 is 0. The van der Waals surface area contributed by atoms with Crippen LogP contribution in [0.3, 0.4) is 0 Å². The molecule has 2 N–H and O–H groups in total. The normalized spacial score (nSPS) is 18.4. The van der Waals surface area contributed by atoms with Gasteiger partial charge in [-0.05, 0) is 51.2 Å². The molecular weight excluding hydrogens is 268 g/mol. The van der Waals surface area contributed by atoms with Gasteiger partial charge in [-0.1, -0.05) is 17.7 Å². The minimum atomic E-state index is -0.929. The predicted octanol–water partition coefficient (Wildman–Crippen LogP) is 3.08. The van der Waals surface area contributed by atoms with Crippen LogP contribution >= 0.6 is 0 Å². The molecular formula is C16H22N2O3. The Bertz CT molecular complexity index is 546. The highest BCUT2D eigenvalue weighted by Gasteiger charge is 2.32. The highest BCUT2D eigenvalue weighted by Crippen LogP contribution is 2.24. The number of aliphatic carboxylic acids is 1. The molecule has 1 unspecified atom stereocenters. The molecule has 1 aliphatic heterocycles. The molecule has 1 aliphatic rings. The van der Waals surface area contributed by atoms with Crippen LogP contribution in [-0.4, -0.2) is 34.6 Å². The number of hydrogen-bond acceptors (Lipinski definition) is 2. The Kier molecular flexibility index (Phi) is 4.50. The maximum Gasteiger partial charge on any atom is 0.326 e. The van der Waals surface area contributed by atoms with E-state index >= 15 is 0 Å². The Balaban J connectivity index is 2.19. The summed E-state index contributed by atoms with van der Waals surface area (Å²) in [6, 6.07) is 2.98. The number of carboxylic acids is 1. The number of carboxylic acid groups (broad SMARTS) is 1. The van der Waals surface area contributed by atoms with Crippen LogP contribution in [0.5, 0.6) is 0 Å². The number of urea groups is 1. The Morgan fingerprint density at radius 3 is 2.38 bits per heavy atom. The standard InChI is InChI=1S/C16H22N2O3/c1-10-8-11(2)14(12(3)9-10)17-16(21)18-7-5-4-6-13(18)15(19)20/h8-9,13H,4-7H2,1-3H3,(H,17,21)(H,19,20). The molecule has 0 bridgehead atoms. The van der Waals surface area contributed by atoms with Gasteiger partial charge < -0.3 is 15.3 Å². The van der Waals surface area contributed by atoms with E-state index in [0.717, 1.165) is 35.2 Å². The van der Waals surface area contributed by atoms with Crippen LogP contribution in [-0.2, 0) is 4.79 Å². The van der Waals surface area contributed by atoms with Gasteiger partial charge in [-0.25, -0.2) is 9.59 Å². The van der Waals surface area contributed by atoms with Crippen LogP contribution in [0.15, 0.2) is 12.1 Å². The van der Waals surface area contributed by atoms with Crippen LogP contribution in [0.1, 0.15) is 36.0 Å². The molecule has 0 aliphatic carbocycles. The first-order valence-electron chi connectivity index (χ1n) is 7.28. The Morgan fingerprint density at radius 1 is 1.19 bits per heavy atom. The van der Waals surface area contributed by atoms with Crippen LogP contribution in [0, 0.1) is 20.8 Å². The molecule has 1 saturated heterocycles. The van der Waals surface area contributed by atoms with Crippen molar-refractivity contribution in [1.29, 1.82) is 0 Å². The summed E-state index contributed by atoms with van der Waals surface area (Å²) < 4.78 is 0. The van der Waals surface area contributed by atoms with E-state index in [2.05, 4.69) is 5.32 Å². The average molecular weight is 290 g/mol. The summed E-state index contributed by atoms with van der Waals surface area (Å²) in [7, 11) is 0. The fourth-order valence-electron chi connectivity index (χ4n) is 2.99. The smallest absolute Gasteiger partial charge is 0.326 e. The molecule has 1 heterocycles. The lowest BCUT2D eigenvalue weighted by atomic mass is 10.0. The van der Waals surface area contributed by atoms with Gasteiger partial charge in [-0.15, -0.1) is 0 Å². The van der Waals surface area contributed by atoms with E-state index in [1.807, 2.05) is 32.9 Å². The van der Waals surface area contributed by atoms with Gasteiger partial charge in [-0.3, -0.25) is 0 Å². The topological polar surface area (TPSA) is 69.6 Å². The first-order valence-corrected chi connectivity index (χ1v) is 7.28. The summed E-state index contributed by atoms with van der Waals surface area (Å²) in [5.41, 5.74) is 3.90. The van der Waals surface area contributed by atoms with E-state index in [4.69, 9.17) is 0 Å². The number of aryl methyl sites for hydroxylation is 3. The highest BCUT2D eigenvalue weighted by atomic mass is 16.4. The number of nitrogens with zero attached hydrogens (tertiary/aromatic N) is 1. The minimum absolute atomic E-state index is 0.322. The first-order chi connectivity index (χ1) is 9.90. The molecule has 1 atom stereocenters. The second-order valence-corrected chi connectivity index (χ2v) is 5.75. The monoisotopic (exact) mass is 290 g/mol. The van der Waals surface area contributed by atoms with Gasteiger partial charge in [0.05, 0.1) is 0 Å². The summed E-state index contributed by atoms with van der Waals surface area (Å²) in [6.45, 7) is 6.39. The third kappa shape index (κ3) is 3.35. The van der Waals surface area contributed by atoms with Gasteiger partial charge >= 0.3 is 12.0 Å². The Hall–Kier alpha value is -2.04. The largest absolute Gasteiger partial charge is 0.480 e. The molecule has 21 heavy (non-hydrogen) atoms. The van der Waals surface area contributed by atoms with E-state index in [9.17, 15) is 14.7 Å². The number of nitrogens with one attached hydrogen (secondary N) is 1. The quantitative estimate of drug-likeness (QED) is 0.879. The maximum absolute atomic E-state index is 12.4. The molecule has 0 aromatic heterocycles. The summed E-state index contributed by atoms with van der Waals surface area (Å²) in [5.74, 6) is -0.929. The van der Waals surface area contributed by atoms with Crippen molar-refractivity contribution in [2.75, 3.05) is 11.9 Å². The van der Waals surface area contributed by atoms with Gasteiger partial charge in [0.2, 0.25) is 0 Å². The second-order valence-electron chi connectivity index (χ2n) is 5.75. The number of anilines is 1. The van der Waals surface area contributed by atoms with Crippen LogP contribution in [0.4, 0.5) is 10.5 Å². The number of piperidine rings is 1. The van der Waals surface area contributed by atoms with Gasteiger partial charge in [0, 0.05) is 12.2 Å². The van der Waals surface area contributed by atoms with Crippen molar-refractivity contribution in [3.63, 3.8) is 0 Å². The van der Waals surface area contributed by atoms with Gasteiger partial charge in [0.15, 0.2) is 0 Å². The van der Waals surface area contributed by atoms with Gasteiger partial charge in [0.1, 0.15) is 6.04 Å². The van der Waals surface area contributed by atoms with Crippen molar-refractivity contribution >= 4 is 17.7 Å². The maximum atomic E-state index is 12.4. The van der Waals surface area contributed by atoms with Crippen LogP contribution < -0.4 is 5.32 Å². The zero-order valence-electron chi connectivity index (χ0n) is 12.8. The molecule has 0 spiro atoms. The van der Waals surface area contributed by atoms with Crippen LogP contribution in [0.25, 0.3) is 0 Å². The van der Waals surface area contributed by atoms with Crippen molar-refractivity contribution in [1.82, 2.24) is 4.90 Å². The predicted molar refractivity (Wildman–Crippen MR) is 81.7 cm³/mol. The Labute approximate surface area is 125 Å². The van der Waals surface area contributed by atoms with Crippen molar-refractivity contribution < 1.29 is 14.7 Å². The molecule has 1 fully saturated rings. The van der Waals surface area contributed by atoms with Crippen LogP contribution in [0.2, 0.25) is 0 Å². The lowest BCUT2D eigenvalue weighted by Gasteiger charge is -2.33. The van der Waals surface area contributed by atoms with E-state index in [1.54, 1.807) is 0 Å². The van der Waals surface area contributed by atoms with E-state index in [-0.39, 0.29) is 6.03 Å². The van der Waals surface area contributed by atoms with Crippen molar-refractivity contribution in [3.05, 3.63) is 28.8 Å². The first kappa shape index (κ1) is 15.4. The third-order valence-electron chi connectivity index (χ3n) is 3.96. The molecule has 5 nitrogen and oxygen atoms in total. The van der Waals surface area contributed by atoms with Gasteiger partial charge in [0.25, 0.3) is 0 Å². The SMILES string of the molecule is Cc1cc(C)c(NC(=O)N2CCCCC2C(=O)O)c(C)c1. The minimum Gasteiger partial charge on any atom is -0.480 e. The average Bonchev–Trinajstić information content (AvgIpc) is 2.42. The summed E-state index contributed by atoms with van der Waals surface area (Å²) in [6.07, 6.45) is 2.22. The second kappa shape index (κ2) is 6.16. The zero-order valence-corrected chi connectivity index (χ0v) is 12.8. The highest BCUT2D eigenvalue weighted by molar-refractivity contribution is 5.93. The number of carbonyl (C=O) groups excluding carboxylic acids is 1. The van der Waals surface area contributed by atoms with Crippen molar-refractivity contribution in [2.45, 2.75) is 46.1 Å². The number of hydrogen-bond donors (Lipinski definition) is 2. The molecule has 2 rings (SSSR count). The molecule has 1 aromatic carbocycles. The fraction of sp³-hybridized carbons (Fsp3) is 0.500. The van der Waals surface area contributed by atoms with Gasteiger partial charge in [-0.2, -0.15) is 0 Å². The molecule has 5 heteroatoms. The zero-order chi connectivity index (χ0) is 15.6. The summed E-state index contributed by atoms with van der Waals surface area (Å²) in [4.78, 5) is 25.1. The lowest BCUT2D eigenvalue weighted by Crippen LogP contribution is -2.49. The number of benzene rings is 1. The Morgan fingerprint density at radius 2 is 1.81 bits per heavy atom. The van der Waals surface area contributed by atoms with Crippen molar-refractivity contribution in [3.8, 4) is 0 Å². The number of amides is 2. The number of rotatable bonds is 2. The molecule has 0 saturated carbocycles.